The number of hydrogen-bond acceptors (Lipinski definition) is 3. The number of carbonyl (C=O) groups excluding carboxylic acids is 2. The van der Waals surface area contributed by atoms with Gasteiger partial charge >= 0.3 is 0 Å². The topological polar surface area (TPSA) is 69.6 Å². The number of aliphatic hydroxyl groups is 1. The molecule has 2 N–H and O–H groups in total. The van der Waals surface area contributed by atoms with Gasteiger partial charge in [0.05, 0.1) is 12.6 Å². The van der Waals surface area contributed by atoms with Crippen LogP contribution in [0.1, 0.15) is 63.4 Å². The molecule has 1 aromatic carbocycles. The number of rotatable bonds is 8. The van der Waals surface area contributed by atoms with Gasteiger partial charge in [0.15, 0.2) is 0 Å². The maximum atomic E-state index is 12.7. The van der Waals surface area contributed by atoms with Gasteiger partial charge in [0, 0.05) is 25.4 Å². The van der Waals surface area contributed by atoms with Crippen LogP contribution in [0.15, 0.2) is 30.3 Å². The number of fused-ring (bicyclic) bond motifs is 1. The van der Waals surface area contributed by atoms with E-state index in [9.17, 15) is 14.7 Å². The van der Waals surface area contributed by atoms with Gasteiger partial charge in [0.2, 0.25) is 11.8 Å². The number of nitrogens with one attached hydrogen (secondary N) is 1. The van der Waals surface area contributed by atoms with E-state index in [0.717, 1.165) is 24.9 Å². The molecule has 28 heavy (non-hydrogen) atoms. The minimum absolute atomic E-state index is 0.0861. The molecule has 2 aliphatic rings. The smallest absolute Gasteiger partial charge is 0.222 e. The van der Waals surface area contributed by atoms with Gasteiger partial charge in [0.1, 0.15) is 0 Å². The predicted octanol–water partition coefficient (Wildman–Crippen LogP) is 3.06. The number of carbonyl (C=O) groups is 2. The van der Waals surface area contributed by atoms with E-state index in [1.54, 1.807) is 0 Å². The Labute approximate surface area is 168 Å². The quantitative estimate of drug-likeness (QED) is 0.721. The normalized spacial score (nSPS) is 23.0. The van der Waals surface area contributed by atoms with Crippen LogP contribution < -0.4 is 5.32 Å². The van der Waals surface area contributed by atoms with E-state index in [1.807, 2.05) is 30.3 Å². The summed E-state index contributed by atoms with van der Waals surface area (Å²) in [5.41, 5.74) is 1.09. The van der Waals surface area contributed by atoms with Crippen LogP contribution in [0.5, 0.6) is 0 Å². The zero-order chi connectivity index (χ0) is 19.8. The van der Waals surface area contributed by atoms with Crippen molar-refractivity contribution in [3.63, 3.8) is 0 Å². The lowest BCUT2D eigenvalue weighted by Crippen LogP contribution is -2.49. The average molecular weight is 387 g/mol. The maximum Gasteiger partial charge on any atom is 0.222 e. The first kappa shape index (κ1) is 20.8. The predicted molar refractivity (Wildman–Crippen MR) is 110 cm³/mol. The third-order valence-electron chi connectivity index (χ3n) is 6.27. The first-order valence-corrected chi connectivity index (χ1v) is 10.9. The van der Waals surface area contributed by atoms with E-state index in [1.165, 1.54) is 25.7 Å². The molecule has 0 spiro atoms. The zero-order valence-corrected chi connectivity index (χ0v) is 16.8. The van der Waals surface area contributed by atoms with Gasteiger partial charge < -0.3 is 15.3 Å². The molecule has 3 atom stereocenters. The summed E-state index contributed by atoms with van der Waals surface area (Å²) >= 11 is 0. The lowest BCUT2D eigenvalue weighted by atomic mass is 9.78. The van der Waals surface area contributed by atoms with E-state index in [4.69, 9.17) is 0 Å². The number of likely N-dealkylation sites (tertiary alicyclic amines) is 1. The van der Waals surface area contributed by atoms with Gasteiger partial charge in [-0.15, -0.1) is 0 Å². The van der Waals surface area contributed by atoms with E-state index in [-0.39, 0.29) is 24.5 Å². The van der Waals surface area contributed by atoms with Crippen molar-refractivity contribution in [2.45, 2.75) is 76.3 Å². The van der Waals surface area contributed by atoms with Crippen molar-refractivity contribution >= 4 is 11.8 Å². The van der Waals surface area contributed by atoms with Gasteiger partial charge in [0.25, 0.3) is 0 Å². The molecular formula is C23H34N2O3. The highest BCUT2D eigenvalue weighted by Gasteiger charge is 2.35. The van der Waals surface area contributed by atoms with Gasteiger partial charge in [-0.2, -0.15) is 0 Å². The summed E-state index contributed by atoms with van der Waals surface area (Å²) in [5, 5.41) is 12.5. The van der Waals surface area contributed by atoms with Crippen LogP contribution >= 0.6 is 0 Å². The van der Waals surface area contributed by atoms with Crippen LogP contribution in [0.4, 0.5) is 0 Å². The summed E-state index contributed by atoms with van der Waals surface area (Å²) in [5.74, 6) is 0.822. The Hall–Kier alpha value is -1.88. The van der Waals surface area contributed by atoms with E-state index in [2.05, 4.69) is 10.2 Å². The van der Waals surface area contributed by atoms with Crippen molar-refractivity contribution in [2.75, 3.05) is 13.2 Å². The number of amides is 2. The number of benzene rings is 1. The molecule has 2 unspecified atom stereocenters. The van der Waals surface area contributed by atoms with Crippen LogP contribution in [-0.2, 0) is 16.0 Å². The van der Waals surface area contributed by atoms with Crippen molar-refractivity contribution in [1.29, 1.82) is 0 Å². The molecule has 1 saturated heterocycles. The molecule has 5 heteroatoms. The summed E-state index contributed by atoms with van der Waals surface area (Å²) < 4.78 is 0. The summed E-state index contributed by atoms with van der Waals surface area (Å²) in [6, 6.07) is 9.99. The van der Waals surface area contributed by atoms with Crippen LogP contribution in [0.3, 0.4) is 0 Å². The second-order valence-electron chi connectivity index (χ2n) is 8.33. The van der Waals surface area contributed by atoms with E-state index in [0.29, 0.717) is 37.6 Å². The minimum atomic E-state index is -0.282. The van der Waals surface area contributed by atoms with Crippen molar-refractivity contribution < 1.29 is 14.7 Å². The fourth-order valence-corrected chi connectivity index (χ4v) is 4.84. The second-order valence-corrected chi connectivity index (χ2v) is 8.33. The molecule has 0 bridgehead atoms. The van der Waals surface area contributed by atoms with Crippen molar-refractivity contribution in [3.05, 3.63) is 35.9 Å². The molecule has 0 radical (unpaired) electrons. The molecule has 1 heterocycles. The molecule has 1 aromatic rings. The highest BCUT2D eigenvalue weighted by molar-refractivity contribution is 5.79. The van der Waals surface area contributed by atoms with Crippen molar-refractivity contribution in [2.24, 2.45) is 5.92 Å². The Morgan fingerprint density at radius 1 is 1.07 bits per heavy atom. The molecule has 2 fully saturated rings. The number of hydrogen-bond donors (Lipinski definition) is 2. The van der Waals surface area contributed by atoms with Gasteiger partial charge in [-0.3, -0.25) is 9.59 Å². The highest BCUT2D eigenvalue weighted by atomic mass is 16.3. The fourth-order valence-electron chi connectivity index (χ4n) is 4.84. The molecule has 0 aromatic heterocycles. The zero-order valence-electron chi connectivity index (χ0n) is 16.8. The molecule has 1 aliphatic carbocycles. The Bertz CT molecular complexity index is 632. The molecule has 5 nitrogen and oxygen atoms in total. The first-order chi connectivity index (χ1) is 13.7. The highest BCUT2D eigenvalue weighted by Crippen LogP contribution is 2.35. The largest absolute Gasteiger partial charge is 0.394 e. The molecule has 2 amide bonds. The fraction of sp³-hybridized carbons (Fsp3) is 0.652. The van der Waals surface area contributed by atoms with Gasteiger partial charge in [-0.05, 0) is 50.0 Å². The third kappa shape index (κ3) is 5.81. The standard InChI is InChI=1S/C23H34N2O3/c26-17-20(16-18-8-2-1-3-9-18)24-22(27)13-6-14-23(28)25-15-7-11-19-10-4-5-12-21(19)25/h1-3,8-9,19-21,26H,4-7,10-17H2,(H,24,27)/t19?,20-,21?/m0/s1. The van der Waals surface area contributed by atoms with Gasteiger partial charge in [-0.25, -0.2) is 0 Å². The first-order valence-electron chi connectivity index (χ1n) is 10.9. The van der Waals surface area contributed by atoms with Crippen LogP contribution in [0.2, 0.25) is 0 Å². The Morgan fingerprint density at radius 3 is 2.61 bits per heavy atom. The lowest BCUT2D eigenvalue weighted by Gasteiger charge is -2.44. The van der Waals surface area contributed by atoms with Gasteiger partial charge in [-0.1, -0.05) is 43.2 Å². The summed E-state index contributed by atoms with van der Waals surface area (Å²) in [6.07, 6.45) is 9.29. The maximum absolute atomic E-state index is 12.7. The molecule has 1 aliphatic heterocycles. The van der Waals surface area contributed by atoms with E-state index < -0.39 is 0 Å². The number of piperidine rings is 1. The third-order valence-corrected chi connectivity index (χ3v) is 6.27. The number of aliphatic hydroxyl groups excluding tert-OH is 1. The minimum Gasteiger partial charge on any atom is -0.394 e. The summed E-state index contributed by atoms with van der Waals surface area (Å²) in [6.45, 7) is 0.798. The number of nitrogens with zero attached hydrogens (tertiary/aromatic N) is 1. The molecule has 3 rings (SSSR count). The Balaban J connectivity index is 1.40. The Morgan fingerprint density at radius 2 is 1.82 bits per heavy atom. The molecular weight excluding hydrogens is 352 g/mol. The van der Waals surface area contributed by atoms with E-state index >= 15 is 0 Å². The van der Waals surface area contributed by atoms with Crippen LogP contribution in [0, 0.1) is 5.92 Å². The Kier molecular flexibility index (Phi) is 7.90. The van der Waals surface area contributed by atoms with Crippen LogP contribution in [-0.4, -0.2) is 47.1 Å². The van der Waals surface area contributed by atoms with Crippen molar-refractivity contribution in [3.8, 4) is 0 Å². The molecule has 1 saturated carbocycles. The average Bonchev–Trinajstić information content (AvgIpc) is 2.73. The second kappa shape index (κ2) is 10.6. The monoisotopic (exact) mass is 386 g/mol. The summed E-state index contributed by atoms with van der Waals surface area (Å²) in [4.78, 5) is 27.1. The lowest BCUT2D eigenvalue weighted by molar-refractivity contribution is -0.137. The SMILES string of the molecule is O=C(CCCC(=O)N1CCCC2CCCCC21)N[C@H](CO)Cc1ccccc1. The van der Waals surface area contributed by atoms with Crippen molar-refractivity contribution in [1.82, 2.24) is 10.2 Å². The van der Waals surface area contributed by atoms with Crippen LogP contribution in [0.25, 0.3) is 0 Å². The summed E-state index contributed by atoms with van der Waals surface area (Å²) in [7, 11) is 0. The molecule has 154 valence electrons.